The first-order valence-electron chi connectivity index (χ1n) is 6.07. The van der Waals surface area contributed by atoms with Gasteiger partial charge >= 0.3 is 0 Å². The lowest BCUT2D eigenvalue weighted by Crippen LogP contribution is -2.28. The number of methoxy groups -OCH3 is 1. The lowest BCUT2D eigenvalue weighted by Gasteiger charge is -2.20. The number of rotatable bonds is 7. The van der Waals surface area contributed by atoms with Crippen LogP contribution >= 0.6 is 0 Å². The Hall–Kier alpha value is -1.29. The maximum atomic E-state index is 5.06. The molecule has 1 N–H and O–H groups in total. The Balaban J connectivity index is 2.22. The molecule has 0 saturated heterocycles. The molecule has 0 amide bonds. The first kappa shape index (κ1) is 13.8. The van der Waals surface area contributed by atoms with Gasteiger partial charge in [-0.1, -0.05) is 0 Å². The van der Waals surface area contributed by atoms with Crippen molar-refractivity contribution in [2.45, 2.75) is 26.3 Å². The highest BCUT2D eigenvalue weighted by atomic mass is 16.5. The minimum Gasteiger partial charge on any atom is -0.495 e. The van der Waals surface area contributed by atoms with Crippen LogP contribution in [0.25, 0.3) is 0 Å². The van der Waals surface area contributed by atoms with Crippen molar-refractivity contribution in [1.29, 1.82) is 0 Å². The fourth-order valence-electron chi connectivity index (χ4n) is 1.41. The van der Waals surface area contributed by atoms with Crippen LogP contribution in [-0.4, -0.2) is 43.2 Å². The van der Waals surface area contributed by atoms with Gasteiger partial charge in [0.05, 0.1) is 13.3 Å². The molecule has 1 heterocycles. The van der Waals surface area contributed by atoms with Gasteiger partial charge in [0.1, 0.15) is 11.6 Å². The van der Waals surface area contributed by atoms with Crippen LogP contribution in [0.5, 0.6) is 5.75 Å². The molecule has 0 saturated carbocycles. The number of nitrogens with one attached hydrogen (secondary N) is 1. The molecule has 1 rings (SSSR count). The van der Waals surface area contributed by atoms with Crippen LogP contribution in [0.1, 0.15) is 20.3 Å². The molecule has 0 aliphatic heterocycles. The van der Waals surface area contributed by atoms with E-state index in [0.717, 1.165) is 31.1 Å². The fourth-order valence-corrected chi connectivity index (χ4v) is 1.41. The monoisotopic (exact) mass is 237 g/mol. The summed E-state index contributed by atoms with van der Waals surface area (Å²) in [6.45, 7) is 6.45. The maximum absolute atomic E-state index is 5.06. The van der Waals surface area contributed by atoms with Crippen LogP contribution in [0.4, 0.5) is 5.82 Å². The molecular weight excluding hydrogens is 214 g/mol. The van der Waals surface area contributed by atoms with Crippen LogP contribution in [0.2, 0.25) is 0 Å². The smallest absolute Gasteiger partial charge is 0.137 e. The molecule has 0 unspecified atom stereocenters. The van der Waals surface area contributed by atoms with Crippen LogP contribution in [-0.2, 0) is 0 Å². The van der Waals surface area contributed by atoms with Crippen molar-refractivity contribution in [3.8, 4) is 5.75 Å². The highest BCUT2D eigenvalue weighted by Gasteiger charge is 2.01. The Morgan fingerprint density at radius 3 is 2.71 bits per heavy atom. The summed E-state index contributed by atoms with van der Waals surface area (Å²) in [6, 6.07) is 4.45. The maximum Gasteiger partial charge on any atom is 0.137 e. The van der Waals surface area contributed by atoms with E-state index in [-0.39, 0.29) is 0 Å². The molecule has 0 aromatic carbocycles. The van der Waals surface area contributed by atoms with Gasteiger partial charge in [0.2, 0.25) is 0 Å². The van der Waals surface area contributed by atoms with E-state index in [1.165, 1.54) is 0 Å². The van der Waals surface area contributed by atoms with Crippen molar-refractivity contribution in [3.05, 3.63) is 18.3 Å². The molecule has 0 aliphatic carbocycles. The number of ether oxygens (including phenoxy) is 1. The number of anilines is 1. The second kappa shape index (κ2) is 7.12. The highest BCUT2D eigenvalue weighted by molar-refractivity contribution is 5.37. The number of hydrogen-bond donors (Lipinski definition) is 1. The van der Waals surface area contributed by atoms with E-state index in [2.05, 4.69) is 36.1 Å². The largest absolute Gasteiger partial charge is 0.495 e. The van der Waals surface area contributed by atoms with E-state index in [1.54, 1.807) is 13.3 Å². The van der Waals surface area contributed by atoms with Gasteiger partial charge in [0, 0.05) is 12.6 Å². The Bertz CT molecular complexity index is 311. The molecule has 0 bridgehead atoms. The van der Waals surface area contributed by atoms with Gasteiger partial charge in [0.25, 0.3) is 0 Å². The van der Waals surface area contributed by atoms with Gasteiger partial charge in [-0.25, -0.2) is 4.98 Å². The molecule has 0 aliphatic rings. The molecule has 1 aromatic rings. The third-order valence-corrected chi connectivity index (χ3v) is 2.85. The molecule has 0 fully saturated rings. The predicted molar refractivity (Wildman–Crippen MR) is 71.7 cm³/mol. The van der Waals surface area contributed by atoms with Gasteiger partial charge in [-0.2, -0.15) is 0 Å². The number of hydrogen-bond acceptors (Lipinski definition) is 4. The second-order valence-corrected chi connectivity index (χ2v) is 4.44. The molecule has 0 atom stereocenters. The third-order valence-electron chi connectivity index (χ3n) is 2.85. The predicted octanol–water partition coefficient (Wildman–Crippen LogP) is 2.23. The van der Waals surface area contributed by atoms with Crippen molar-refractivity contribution < 1.29 is 4.74 Å². The first-order valence-corrected chi connectivity index (χ1v) is 6.07. The zero-order chi connectivity index (χ0) is 12.7. The summed E-state index contributed by atoms with van der Waals surface area (Å²) in [6.07, 6.45) is 2.84. The number of pyridine rings is 1. The van der Waals surface area contributed by atoms with Crippen molar-refractivity contribution in [3.63, 3.8) is 0 Å². The molecule has 0 spiro atoms. The third kappa shape index (κ3) is 5.04. The van der Waals surface area contributed by atoms with E-state index in [1.807, 2.05) is 12.1 Å². The minimum absolute atomic E-state index is 0.606. The summed E-state index contributed by atoms with van der Waals surface area (Å²) in [5, 5.41) is 3.30. The zero-order valence-corrected chi connectivity index (χ0v) is 11.2. The lowest BCUT2D eigenvalue weighted by molar-refractivity contribution is 0.273. The normalized spacial score (nSPS) is 10.9. The Morgan fingerprint density at radius 2 is 2.18 bits per heavy atom. The van der Waals surface area contributed by atoms with Gasteiger partial charge < -0.3 is 15.0 Å². The quantitative estimate of drug-likeness (QED) is 0.738. The van der Waals surface area contributed by atoms with Crippen LogP contribution < -0.4 is 10.1 Å². The average molecular weight is 237 g/mol. The van der Waals surface area contributed by atoms with E-state index in [9.17, 15) is 0 Å². The standard InChI is InChI=1S/C13H23N3O/c1-11(2)16(3)9-5-8-14-13-7-6-12(17-4)10-15-13/h6-7,10-11H,5,8-9H2,1-4H3,(H,14,15). The van der Waals surface area contributed by atoms with Crippen molar-refractivity contribution >= 4 is 5.82 Å². The van der Waals surface area contributed by atoms with Crippen molar-refractivity contribution in [2.75, 3.05) is 32.6 Å². The lowest BCUT2D eigenvalue weighted by atomic mass is 10.3. The number of aromatic nitrogens is 1. The van der Waals surface area contributed by atoms with E-state index < -0.39 is 0 Å². The second-order valence-electron chi connectivity index (χ2n) is 4.44. The summed E-state index contributed by atoms with van der Waals surface area (Å²) in [7, 11) is 3.79. The number of nitrogens with zero attached hydrogens (tertiary/aromatic N) is 2. The van der Waals surface area contributed by atoms with Crippen LogP contribution in [0, 0.1) is 0 Å². The minimum atomic E-state index is 0.606. The molecule has 0 radical (unpaired) electrons. The van der Waals surface area contributed by atoms with Crippen LogP contribution in [0.3, 0.4) is 0 Å². The SMILES string of the molecule is COc1ccc(NCCCN(C)C(C)C)nc1. The molecule has 4 heteroatoms. The van der Waals surface area contributed by atoms with Gasteiger partial charge in [-0.3, -0.25) is 0 Å². The van der Waals surface area contributed by atoms with Gasteiger partial charge in [-0.05, 0) is 46.0 Å². The fraction of sp³-hybridized carbons (Fsp3) is 0.615. The summed E-state index contributed by atoms with van der Waals surface area (Å²) in [5.74, 6) is 1.69. The Kier molecular flexibility index (Phi) is 5.77. The average Bonchev–Trinajstić information content (AvgIpc) is 2.35. The zero-order valence-electron chi connectivity index (χ0n) is 11.2. The van der Waals surface area contributed by atoms with E-state index >= 15 is 0 Å². The Morgan fingerprint density at radius 1 is 1.41 bits per heavy atom. The molecule has 17 heavy (non-hydrogen) atoms. The summed E-state index contributed by atoms with van der Waals surface area (Å²) < 4.78 is 5.06. The molecule has 96 valence electrons. The Labute approximate surface area is 104 Å². The summed E-state index contributed by atoms with van der Waals surface area (Å²) >= 11 is 0. The summed E-state index contributed by atoms with van der Waals surface area (Å²) in [5.41, 5.74) is 0. The molecular formula is C13H23N3O. The first-order chi connectivity index (χ1) is 8.13. The van der Waals surface area contributed by atoms with Gasteiger partial charge in [0.15, 0.2) is 0 Å². The highest BCUT2D eigenvalue weighted by Crippen LogP contribution is 2.10. The van der Waals surface area contributed by atoms with E-state index in [0.29, 0.717) is 6.04 Å². The molecule has 4 nitrogen and oxygen atoms in total. The van der Waals surface area contributed by atoms with Crippen LogP contribution in [0.15, 0.2) is 18.3 Å². The summed E-state index contributed by atoms with van der Waals surface area (Å²) in [4.78, 5) is 6.59. The van der Waals surface area contributed by atoms with Crippen molar-refractivity contribution in [1.82, 2.24) is 9.88 Å². The topological polar surface area (TPSA) is 37.4 Å². The molecule has 1 aromatic heterocycles. The van der Waals surface area contributed by atoms with Crippen molar-refractivity contribution in [2.24, 2.45) is 0 Å². The van der Waals surface area contributed by atoms with Gasteiger partial charge in [-0.15, -0.1) is 0 Å². The van der Waals surface area contributed by atoms with E-state index in [4.69, 9.17) is 4.74 Å².